The van der Waals surface area contributed by atoms with E-state index in [0.29, 0.717) is 0 Å². The van der Waals surface area contributed by atoms with Crippen molar-refractivity contribution in [1.29, 1.82) is 0 Å². The Balaban J connectivity index is 2.40. The number of hydrogen-bond acceptors (Lipinski definition) is 3. The van der Waals surface area contributed by atoms with Crippen molar-refractivity contribution in [2.24, 2.45) is 0 Å². The number of carbonyl (C=O) groups excluding carboxylic acids is 1. The molecular weight excluding hydrogens is 103 g/mol. The van der Waals surface area contributed by atoms with Crippen LogP contribution in [0, 0.1) is 0 Å². The van der Waals surface area contributed by atoms with E-state index in [1.165, 1.54) is 0 Å². The van der Waals surface area contributed by atoms with Gasteiger partial charge in [-0.3, -0.25) is 0 Å². The van der Waals surface area contributed by atoms with Gasteiger partial charge in [-0.15, -0.1) is 0 Å². The van der Waals surface area contributed by atoms with Gasteiger partial charge in [-0.25, -0.2) is 4.79 Å². The average Bonchev–Trinajstić information content (AvgIpc) is 1.87. The molecule has 0 N–H and O–H groups in total. The summed E-state index contributed by atoms with van der Waals surface area (Å²) in [5.41, 5.74) is 0. The molecule has 0 amide bonds. The van der Waals surface area contributed by atoms with E-state index >= 15 is 0 Å². The van der Waals surface area contributed by atoms with Gasteiger partial charge in [0.15, 0.2) is 6.61 Å². The van der Waals surface area contributed by atoms with Crippen LogP contribution in [0.5, 0.6) is 0 Å². The molecule has 1 atom stereocenters. The number of rotatable bonds is 0. The Bertz CT molecular complexity index is 92.2. The third-order valence-corrected chi connectivity index (χ3v) is 0.556. The first kappa shape index (κ1) is 4.36. The first-order chi connectivity index (χ1) is 3.29. The lowest BCUT2D eigenvalue weighted by Crippen LogP contribution is -1.98. The van der Waals surface area contributed by atoms with Crippen LogP contribution in [-0.2, 0) is 9.47 Å². The third-order valence-electron chi connectivity index (χ3n) is 0.556. The SMILES string of the molecule is O=C1OC[C@@H](F)O1. The molecule has 0 aromatic carbocycles. The molecule has 4 heteroatoms. The largest absolute Gasteiger partial charge is 0.511 e. The van der Waals surface area contributed by atoms with Crippen molar-refractivity contribution in [3.63, 3.8) is 0 Å². The van der Waals surface area contributed by atoms with Gasteiger partial charge in [0.25, 0.3) is 6.36 Å². The summed E-state index contributed by atoms with van der Waals surface area (Å²) >= 11 is 0. The van der Waals surface area contributed by atoms with Crippen LogP contribution >= 0.6 is 0 Å². The summed E-state index contributed by atoms with van der Waals surface area (Å²) in [7, 11) is 0. The molecular formula is C3H3FO3. The van der Waals surface area contributed by atoms with E-state index in [2.05, 4.69) is 9.47 Å². The summed E-state index contributed by atoms with van der Waals surface area (Å²) in [5.74, 6) is 0. The van der Waals surface area contributed by atoms with Crippen molar-refractivity contribution < 1.29 is 18.7 Å². The standard InChI is InChI=1S/C3H3FO3/c4-2-1-6-3(5)7-2/h2H,1H2/t2-/m0/s1. The van der Waals surface area contributed by atoms with E-state index < -0.39 is 12.5 Å². The predicted octanol–water partition coefficient (Wildman–Crippen LogP) is 0.449. The van der Waals surface area contributed by atoms with E-state index in [4.69, 9.17) is 0 Å². The summed E-state index contributed by atoms with van der Waals surface area (Å²) in [6.45, 7) is -0.265. The zero-order valence-corrected chi connectivity index (χ0v) is 3.39. The molecule has 1 aliphatic heterocycles. The van der Waals surface area contributed by atoms with Crippen LogP contribution in [-0.4, -0.2) is 19.1 Å². The molecule has 0 spiro atoms. The fourth-order valence-electron chi connectivity index (χ4n) is 0.306. The molecule has 0 aromatic rings. The molecule has 1 aliphatic rings. The van der Waals surface area contributed by atoms with E-state index in [1.54, 1.807) is 0 Å². The van der Waals surface area contributed by atoms with Gasteiger partial charge in [-0.05, 0) is 0 Å². The maximum Gasteiger partial charge on any atom is 0.511 e. The first-order valence-electron chi connectivity index (χ1n) is 1.76. The number of alkyl halides is 1. The van der Waals surface area contributed by atoms with Crippen LogP contribution < -0.4 is 0 Å². The van der Waals surface area contributed by atoms with Crippen molar-refractivity contribution in [2.75, 3.05) is 6.61 Å². The predicted molar refractivity (Wildman–Crippen MR) is 17.3 cm³/mol. The molecule has 3 nitrogen and oxygen atoms in total. The van der Waals surface area contributed by atoms with Gasteiger partial charge in [-0.2, -0.15) is 4.39 Å². The molecule has 40 valence electrons. The fraction of sp³-hybridized carbons (Fsp3) is 0.667. The second-order valence-electron chi connectivity index (χ2n) is 1.09. The maximum absolute atomic E-state index is 11.6. The lowest BCUT2D eigenvalue weighted by Gasteiger charge is -1.85. The van der Waals surface area contributed by atoms with Crippen molar-refractivity contribution in [3.8, 4) is 0 Å². The second-order valence-corrected chi connectivity index (χ2v) is 1.09. The highest BCUT2D eigenvalue weighted by atomic mass is 19.1. The van der Waals surface area contributed by atoms with Gasteiger partial charge in [0.2, 0.25) is 0 Å². The molecule has 1 fully saturated rings. The molecule has 1 rings (SSSR count). The number of cyclic esters (lactones) is 2. The van der Waals surface area contributed by atoms with Gasteiger partial charge in [0.1, 0.15) is 0 Å². The van der Waals surface area contributed by atoms with Gasteiger partial charge >= 0.3 is 6.16 Å². The van der Waals surface area contributed by atoms with Gasteiger partial charge in [0, 0.05) is 0 Å². The zero-order valence-electron chi connectivity index (χ0n) is 3.39. The van der Waals surface area contributed by atoms with Gasteiger partial charge < -0.3 is 9.47 Å². The number of hydrogen-bond donors (Lipinski definition) is 0. The van der Waals surface area contributed by atoms with Crippen LogP contribution in [0.3, 0.4) is 0 Å². The molecule has 0 saturated carbocycles. The Labute approximate surface area is 39.0 Å². The number of carbonyl (C=O) groups is 1. The van der Waals surface area contributed by atoms with Crippen LogP contribution in [0.25, 0.3) is 0 Å². The Hall–Kier alpha value is -0.800. The highest BCUT2D eigenvalue weighted by molar-refractivity contribution is 5.61. The lowest BCUT2D eigenvalue weighted by atomic mass is 10.8. The van der Waals surface area contributed by atoms with Crippen molar-refractivity contribution in [1.82, 2.24) is 0 Å². The molecule has 7 heavy (non-hydrogen) atoms. The topological polar surface area (TPSA) is 35.5 Å². The van der Waals surface area contributed by atoms with Crippen molar-refractivity contribution in [3.05, 3.63) is 0 Å². The van der Waals surface area contributed by atoms with Crippen LogP contribution in [0.2, 0.25) is 0 Å². The second kappa shape index (κ2) is 1.36. The molecule has 0 bridgehead atoms. The Kier molecular flexibility index (Phi) is 0.850. The Morgan fingerprint density at radius 3 is 2.71 bits per heavy atom. The monoisotopic (exact) mass is 106 g/mol. The fourth-order valence-corrected chi connectivity index (χ4v) is 0.306. The van der Waals surface area contributed by atoms with E-state index in [-0.39, 0.29) is 6.61 Å². The normalized spacial score (nSPS) is 29.3. The molecule has 0 aromatic heterocycles. The molecule has 0 aliphatic carbocycles. The van der Waals surface area contributed by atoms with E-state index in [0.717, 1.165) is 0 Å². The van der Waals surface area contributed by atoms with Gasteiger partial charge in [0.05, 0.1) is 0 Å². The molecule has 0 radical (unpaired) electrons. The zero-order chi connectivity index (χ0) is 5.28. The van der Waals surface area contributed by atoms with Crippen LogP contribution in [0.4, 0.5) is 9.18 Å². The van der Waals surface area contributed by atoms with Crippen LogP contribution in [0.1, 0.15) is 0 Å². The van der Waals surface area contributed by atoms with Gasteiger partial charge in [-0.1, -0.05) is 0 Å². The molecule has 1 heterocycles. The third kappa shape index (κ3) is 0.792. The maximum atomic E-state index is 11.6. The van der Waals surface area contributed by atoms with E-state index in [1.807, 2.05) is 0 Å². The van der Waals surface area contributed by atoms with E-state index in [9.17, 15) is 9.18 Å². The highest BCUT2D eigenvalue weighted by Crippen LogP contribution is 2.05. The summed E-state index contributed by atoms with van der Waals surface area (Å²) in [5, 5.41) is 0. The van der Waals surface area contributed by atoms with Crippen molar-refractivity contribution in [2.45, 2.75) is 6.36 Å². The molecule has 0 unspecified atom stereocenters. The average molecular weight is 106 g/mol. The summed E-state index contributed by atoms with van der Waals surface area (Å²) in [4.78, 5) is 9.77. The lowest BCUT2D eigenvalue weighted by molar-refractivity contribution is 0.0573. The van der Waals surface area contributed by atoms with Crippen LogP contribution in [0.15, 0.2) is 0 Å². The number of ether oxygens (including phenoxy) is 2. The minimum Gasteiger partial charge on any atom is -0.427 e. The smallest absolute Gasteiger partial charge is 0.427 e. The first-order valence-corrected chi connectivity index (χ1v) is 1.76. The number of halogens is 1. The molecule has 1 saturated heterocycles. The van der Waals surface area contributed by atoms with Crippen molar-refractivity contribution >= 4 is 6.16 Å². The summed E-state index contributed by atoms with van der Waals surface area (Å²) in [6, 6.07) is 0. The Morgan fingerprint density at radius 2 is 2.57 bits per heavy atom. The minimum atomic E-state index is -1.55. The summed E-state index contributed by atoms with van der Waals surface area (Å²) in [6.07, 6.45) is -2.47. The minimum absolute atomic E-state index is 0.265. The quantitative estimate of drug-likeness (QED) is 0.420. The summed E-state index contributed by atoms with van der Waals surface area (Å²) < 4.78 is 19.5. The Morgan fingerprint density at radius 1 is 1.86 bits per heavy atom. The highest BCUT2D eigenvalue weighted by Gasteiger charge is 2.23.